The SMILES string of the molecule is COc1cc(OC)c(C=CSCc2ccc(OC)c(NC(C)C(=O)O)c2)c(OC)c1. The van der Waals surface area contributed by atoms with Crippen molar-refractivity contribution < 1.29 is 28.8 Å². The van der Waals surface area contributed by atoms with Crippen LogP contribution in [0, 0.1) is 0 Å². The fourth-order valence-electron chi connectivity index (χ4n) is 2.71. The van der Waals surface area contributed by atoms with Crippen LogP contribution in [0.25, 0.3) is 6.08 Å². The number of hydrogen-bond donors (Lipinski definition) is 2. The molecular formula is C22H27NO6S. The summed E-state index contributed by atoms with van der Waals surface area (Å²) in [4.78, 5) is 11.1. The van der Waals surface area contributed by atoms with Gasteiger partial charge in [-0.1, -0.05) is 6.07 Å². The molecule has 0 aliphatic rings. The van der Waals surface area contributed by atoms with Crippen LogP contribution in [0.2, 0.25) is 0 Å². The molecule has 8 heteroatoms. The molecule has 0 fully saturated rings. The fourth-order valence-corrected chi connectivity index (χ4v) is 3.41. The van der Waals surface area contributed by atoms with Gasteiger partial charge in [-0.15, -0.1) is 11.8 Å². The minimum absolute atomic E-state index is 0.597. The Morgan fingerprint density at radius 1 is 1.03 bits per heavy atom. The van der Waals surface area contributed by atoms with Crippen LogP contribution in [-0.2, 0) is 10.5 Å². The summed E-state index contributed by atoms with van der Waals surface area (Å²) in [7, 11) is 6.35. The van der Waals surface area contributed by atoms with E-state index in [9.17, 15) is 4.79 Å². The number of carboxylic acid groups (broad SMARTS) is 1. The smallest absolute Gasteiger partial charge is 0.325 e. The molecule has 0 heterocycles. The molecule has 7 nitrogen and oxygen atoms in total. The van der Waals surface area contributed by atoms with Crippen molar-refractivity contribution in [3.05, 3.63) is 46.9 Å². The van der Waals surface area contributed by atoms with Gasteiger partial charge in [-0.3, -0.25) is 4.79 Å². The lowest BCUT2D eigenvalue weighted by atomic mass is 10.1. The summed E-state index contributed by atoms with van der Waals surface area (Å²) in [6.07, 6.45) is 1.93. The van der Waals surface area contributed by atoms with Crippen molar-refractivity contribution >= 4 is 29.5 Å². The molecule has 2 aromatic rings. The third-order valence-electron chi connectivity index (χ3n) is 4.34. The molecule has 0 aliphatic heterocycles. The molecule has 1 atom stereocenters. The maximum absolute atomic E-state index is 11.1. The van der Waals surface area contributed by atoms with Gasteiger partial charge < -0.3 is 29.4 Å². The van der Waals surface area contributed by atoms with Gasteiger partial charge in [0.15, 0.2) is 0 Å². The van der Waals surface area contributed by atoms with Crippen molar-refractivity contribution in [3.8, 4) is 23.0 Å². The molecule has 0 aliphatic carbocycles. The molecule has 2 rings (SSSR count). The van der Waals surface area contributed by atoms with Crippen LogP contribution in [0.3, 0.4) is 0 Å². The maximum atomic E-state index is 11.1. The summed E-state index contributed by atoms with van der Waals surface area (Å²) in [5.74, 6) is 2.32. The van der Waals surface area contributed by atoms with E-state index in [4.69, 9.17) is 24.1 Å². The average molecular weight is 434 g/mol. The first kappa shape index (κ1) is 23.3. The molecule has 2 N–H and O–H groups in total. The van der Waals surface area contributed by atoms with E-state index in [0.29, 0.717) is 34.4 Å². The van der Waals surface area contributed by atoms with E-state index in [1.54, 1.807) is 59.3 Å². The van der Waals surface area contributed by atoms with E-state index in [1.165, 1.54) is 0 Å². The van der Waals surface area contributed by atoms with Crippen LogP contribution >= 0.6 is 11.8 Å². The van der Waals surface area contributed by atoms with Gasteiger partial charge in [-0.05, 0) is 36.1 Å². The highest BCUT2D eigenvalue weighted by molar-refractivity contribution is 8.01. The largest absolute Gasteiger partial charge is 0.496 e. The van der Waals surface area contributed by atoms with E-state index >= 15 is 0 Å². The average Bonchev–Trinajstić information content (AvgIpc) is 2.76. The monoisotopic (exact) mass is 433 g/mol. The van der Waals surface area contributed by atoms with Crippen molar-refractivity contribution in [1.82, 2.24) is 0 Å². The summed E-state index contributed by atoms with van der Waals surface area (Å²) in [6, 6.07) is 8.55. The topological polar surface area (TPSA) is 86.2 Å². The fraction of sp³-hybridized carbons (Fsp3) is 0.318. The number of ether oxygens (including phenoxy) is 4. The molecule has 0 aromatic heterocycles. The van der Waals surface area contributed by atoms with Gasteiger partial charge in [0.05, 0.1) is 39.7 Å². The molecule has 0 amide bonds. The highest BCUT2D eigenvalue weighted by atomic mass is 32.2. The molecule has 0 spiro atoms. The number of methoxy groups -OCH3 is 4. The van der Waals surface area contributed by atoms with Crippen LogP contribution in [0.15, 0.2) is 35.7 Å². The quantitative estimate of drug-likeness (QED) is 0.535. The summed E-state index contributed by atoms with van der Waals surface area (Å²) in [5.41, 5.74) is 2.49. The number of aliphatic carboxylic acids is 1. The van der Waals surface area contributed by atoms with Crippen LogP contribution in [-0.4, -0.2) is 45.6 Å². The predicted octanol–water partition coefficient (Wildman–Crippen LogP) is 4.51. The minimum Gasteiger partial charge on any atom is -0.496 e. The van der Waals surface area contributed by atoms with Crippen molar-refractivity contribution in [3.63, 3.8) is 0 Å². The first-order valence-electron chi connectivity index (χ1n) is 9.17. The number of carboxylic acids is 1. The standard InChI is InChI=1S/C22H27NO6S/c1-14(22(24)25)23-18-10-15(6-7-19(18)27-3)13-30-9-8-17-20(28-4)11-16(26-2)12-21(17)29-5/h6-12,14,23H,13H2,1-5H3,(H,24,25). The number of anilines is 1. The number of rotatable bonds is 11. The van der Waals surface area contributed by atoms with Crippen LogP contribution < -0.4 is 24.3 Å². The summed E-state index contributed by atoms with van der Waals surface area (Å²) in [6.45, 7) is 1.58. The van der Waals surface area contributed by atoms with Gasteiger partial charge >= 0.3 is 5.97 Å². The van der Waals surface area contributed by atoms with E-state index in [1.807, 2.05) is 29.7 Å². The van der Waals surface area contributed by atoms with E-state index in [2.05, 4.69) is 5.32 Å². The van der Waals surface area contributed by atoms with Crippen LogP contribution in [0.4, 0.5) is 5.69 Å². The Morgan fingerprint density at radius 2 is 1.67 bits per heavy atom. The zero-order valence-electron chi connectivity index (χ0n) is 17.7. The maximum Gasteiger partial charge on any atom is 0.325 e. The first-order valence-corrected chi connectivity index (χ1v) is 10.2. The van der Waals surface area contributed by atoms with Gasteiger partial charge in [0.25, 0.3) is 0 Å². The Morgan fingerprint density at radius 3 is 2.20 bits per heavy atom. The van der Waals surface area contributed by atoms with Gasteiger partial charge in [-0.2, -0.15) is 0 Å². The normalized spacial score (nSPS) is 11.8. The lowest BCUT2D eigenvalue weighted by Gasteiger charge is -2.15. The van der Waals surface area contributed by atoms with Gasteiger partial charge in [0.2, 0.25) is 0 Å². The minimum atomic E-state index is -0.929. The van der Waals surface area contributed by atoms with E-state index in [-0.39, 0.29) is 0 Å². The molecular weight excluding hydrogens is 406 g/mol. The second-order valence-electron chi connectivity index (χ2n) is 6.30. The third kappa shape index (κ3) is 6.00. The van der Waals surface area contributed by atoms with Crippen molar-refractivity contribution in [2.75, 3.05) is 33.8 Å². The number of benzene rings is 2. The Hall–Kier alpha value is -3.00. The molecule has 0 radical (unpaired) electrons. The van der Waals surface area contributed by atoms with Crippen LogP contribution in [0.5, 0.6) is 23.0 Å². The Bertz CT molecular complexity index is 874. The van der Waals surface area contributed by atoms with Crippen molar-refractivity contribution in [2.45, 2.75) is 18.7 Å². The zero-order valence-corrected chi connectivity index (χ0v) is 18.5. The second-order valence-corrected chi connectivity index (χ2v) is 7.19. The number of carbonyl (C=O) groups is 1. The lowest BCUT2D eigenvalue weighted by Crippen LogP contribution is -2.25. The zero-order chi connectivity index (χ0) is 22.1. The van der Waals surface area contributed by atoms with Gasteiger partial charge in [0.1, 0.15) is 29.0 Å². The number of thioether (sulfide) groups is 1. The van der Waals surface area contributed by atoms with Gasteiger partial charge in [-0.25, -0.2) is 0 Å². The van der Waals surface area contributed by atoms with Crippen LogP contribution in [0.1, 0.15) is 18.1 Å². The molecule has 162 valence electrons. The lowest BCUT2D eigenvalue weighted by molar-refractivity contribution is -0.137. The van der Waals surface area contributed by atoms with Crippen molar-refractivity contribution in [2.24, 2.45) is 0 Å². The summed E-state index contributed by atoms with van der Waals surface area (Å²) >= 11 is 1.59. The number of nitrogens with one attached hydrogen (secondary N) is 1. The Labute approximate surface area is 181 Å². The molecule has 1 unspecified atom stereocenters. The van der Waals surface area contributed by atoms with Gasteiger partial charge in [0, 0.05) is 17.9 Å². The Balaban J connectivity index is 2.13. The molecule has 0 bridgehead atoms. The molecule has 0 saturated heterocycles. The molecule has 2 aromatic carbocycles. The van der Waals surface area contributed by atoms with E-state index < -0.39 is 12.0 Å². The third-order valence-corrected chi connectivity index (χ3v) is 5.17. The summed E-state index contributed by atoms with van der Waals surface area (Å²) in [5, 5.41) is 14.1. The number of hydrogen-bond acceptors (Lipinski definition) is 7. The molecule has 0 saturated carbocycles. The highest BCUT2D eigenvalue weighted by Gasteiger charge is 2.14. The predicted molar refractivity (Wildman–Crippen MR) is 120 cm³/mol. The first-order chi connectivity index (χ1) is 14.4. The van der Waals surface area contributed by atoms with Crippen molar-refractivity contribution in [1.29, 1.82) is 0 Å². The van der Waals surface area contributed by atoms with E-state index in [0.717, 1.165) is 11.1 Å². The molecule has 30 heavy (non-hydrogen) atoms. The Kier molecular flexibility index (Phi) is 8.73. The summed E-state index contributed by atoms with van der Waals surface area (Å²) < 4.78 is 21.5. The second kappa shape index (κ2) is 11.3. The highest BCUT2D eigenvalue weighted by Crippen LogP contribution is 2.36.